The van der Waals surface area contributed by atoms with Gasteiger partial charge in [-0.3, -0.25) is 9.59 Å². The molecule has 1 aliphatic rings. The number of ketones is 1. The molecule has 5 nitrogen and oxygen atoms in total. The summed E-state index contributed by atoms with van der Waals surface area (Å²) >= 11 is 6.04. The number of rotatable bonds is 2. The van der Waals surface area contributed by atoms with Gasteiger partial charge in [0.15, 0.2) is 5.78 Å². The average molecular weight is 325 g/mol. The summed E-state index contributed by atoms with van der Waals surface area (Å²) in [7, 11) is 1.26. The van der Waals surface area contributed by atoms with Gasteiger partial charge in [0.2, 0.25) is 0 Å². The monoisotopic (exact) mass is 324 g/mol. The Hall–Kier alpha value is -2.01. The molecule has 0 radical (unpaired) electrons. The lowest BCUT2D eigenvalue weighted by atomic mass is 9.78. The second-order valence-electron chi connectivity index (χ2n) is 5.72. The standard InChI is InChI=1S/C16H17ClO5/c1-8-5-12-9(6-11(8)17)13(19)10(7-18)14(22-12)16(2,3)15(20)21-4/h5-7,14,18H,1-4H3/b10-7+. The second kappa shape index (κ2) is 5.65. The van der Waals surface area contributed by atoms with Crippen molar-refractivity contribution in [2.75, 3.05) is 7.11 Å². The Labute approximate surface area is 133 Å². The van der Waals surface area contributed by atoms with Gasteiger partial charge in [-0.05, 0) is 38.5 Å². The van der Waals surface area contributed by atoms with E-state index in [2.05, 4.69) is 0 Å². The van der Waals surface area contributed by atoms with E-state index in [4.69, 9.17) is 21.1 Å². The third-order valence-corrected chi connectivity index (χ3v) is 4.21. The van der Waals surface area contributed by atoms with Gasteiger partial charge in [-0.25, -0.2) is 0 Å². The molecule has 0 aromatic heterocycles. The highest BCUT2D eigenvalue weighted by Crippen LogP contribution is 2.40. The van der Waals surface area contributed by atoms with Gasteiger partial charge in [-0.2, -0.15) is 0 Å². The van der Waals surface area contributed by atoms with Crippen LogP contribution < -0.4 is 4.74 Å². The number of esters is 1. The number of carbonyl (C=O) groups is 2. The number of Topliss-reactive ketones (excluding diaryl/α,β-unsaturated/α-hetero) is 1. The minimum absolute atomic E-state index is 0.0113. The number of aliphatic hydroxyl groups is 1. The molecular weight excluding hydrogens is 308 g/mol. The van der Waals surface area contributed by atoms with Gasteiger partial charge in [0.25, 0.3) is 0 Å². The fourth-order valence-electron chi connectivity index (χ4n) is 2.43. The molecule has 0 spiro atoms. The molecule has 1 heterocycles. The Bertz CT molecular complexity index is 675. The van der Waals surface area contributed by atoms with E-state index in [9.17, 15) is 14.7 Å². The minimum Gasteiger partial charge on any atom is -0.515 e. The second-order valence-corrected chi connectivity index (χ2v) is 6.13. The van der Waals surface area contributed by atoms with Crippen LogP contribution >= 0.6 is 11.6 Å². The van der Waals surface area contributed by atoms with Gasteiger partial charge in [0, 0.05) is 5.02 Å². The Morgan fingerprint density at radius 3 is 2.64 bits per heavy atom. The molecule has 0 saturated heterocycles. The molecule has 1 aromatic carbocycles. The summed E-state index contributed by atoms with van der Waals surface area (Å²) in [5, 5.41) is 9.88. The first-order chi connectivity index (χ1) is 10.2. The molecular formula is C16H17ClO5. The summed E-state index contributed by atoms with van der Waals surface area (Å²) in [4.78, 5) is 24.6. The molecule has 0 aliphatic carbocycles. The molecule has 0 fully saturated rings. The Morgan fingerprint density at radius 2 is 2.09 bits per heavy atom. The fourth-order valence-corrected chi connectivity index (χ4v) is 2.59. The number of hydrogen-bond donors (Lipinski definition) is 1. The molecule has 0 bridgehead atoms. The fraction of sp³-hybridized carbons (Fsp3) is 0.375. The van der Waals surface area contributed by atoms with Crippen molar-refractivity contribution in [1.29, 1.82) is 0 Å². The van der Waals surface area contributed by atoms with Crippen molar-refractivity contribution in [3.8, 4) is 5.75 Å². The topological polar surface area (TPSA) is 72.8 Å². The summed E-state index contributed by atoms with van der Waals surface area (Å²) in [5.74, 6) is -0.633. The molecule has 22 heavy (non-hydrogen) atoms. The molecule has 1 atom stereocenters. The number of aliphatic hydroxyl groups excluding tert-OH is 1. The number of aryl methyl sites for hydroxylation is 1. The Morgan fingerprint density at radius 1 is 1.45 bits per heavy atom. The zero-order valence-electron chi connectivity index (χ0n) is 12.8. The van der Waals surface area contributed by atoms with E-state index >= 15 is 0 Å². The van der Waals surface area contributed by atoms with Gasteiger partial charge < -0.3 is 14.6 Å². The van der Waals surface area contributed by atoms with E-state index in [0.717, 1.165) is 5.56 Å². The Balaban J connectivity index is 2.58. The average Bonchev–Trinajstić information content (AvgIpc) is 2.48. The number of methoxy groups -OCH3 is 1. The molecule has 2 rings (SSSR count). The van der Waals surface area contributed by atoms with E-state index in [0.29, 0.717) is 17.0 Å². The predicted octanol–water partition coefficient (Wildman–Crippen LogP) is 3.23. The zero-order chi connectivity index (χ0) is 16.7. The van der Waals surface area contributed by atoms with Crippen LogP contribution in [0.4, 0.5) is 0 Å². The summed E-state index contributed by atoms with van der Waals surface area (Å²) in [5.41, 5.74) is -0.153. The first-order valence-corrected chi connectivity index (χ1v) is 7.06. The summed E-state index contributed by atoms with van der Waals surface area (Å²) in [6, 6.07) is 3.14. The van der Waals surface area contributed by atoms with Crippen LogP contribution in [0.25, 0.3) is 0 Å². The van der Waals surface area contributed by atoms with Crippen LogP contribution in [0.3, 0.4) is 0 Å². The first-order valence-electron chi connectivity index (χ1n) is 6.68. The van der Waals surface area contributed by atoms with Crippen LogP contribution in [0.5, 0.6) is 5.75 Å². The molecule has 1 N–H and O–H groups in total. The van der Waals surface area contributed by atoms with E-state index in [1.54, 1.807) is 26.8 Å². The molecule has 0 saturated carbocycles. The zero-order valence-corrected chi connectivity index (χ0v) is 13.5. The van der Waals surface area contributed by atoms with Gasteiger partial charge in [0.1, 0.15) is 17.3 Å². The molecule has 1 unspecified atom stereocenters. The SMILES string of the molecule is COC(=O)C(C)(C)C1Oc2cc(C)c(Cl)cc2C(=O)/C1=C\O. The smallest absolute Gasteiger partial charge is 0.315 e. The highest BCUT2D eigenvalue weighted by atomic mass is 35.5. The van der Waals surface area contributed by atoms with Crippen LogP contribution in [0, 0.1) is 12.3 Å². The van der Waals surface area contributed by atoms with Gasteiger partial charge >= 0.3 is 5.97 Å². The minimum atomic E-state index is -1.15. The van der Waals surface area contributed by atoms with Crippen molar-refractivity contribution in [2.45, 2.75) is 26.9 Å². The van der Waals surface area contributed by atoms with Crippen molar-refractivity contribution >= 4 is 23.4 Å². The molecule has 0 amide bonds. The van der Waals surface area contributed by atoms with Crippen molar-refractivity contribution in [2.24, 2.45) is 5.41 Å². The van der Waals surface area contributed by atoms with Crippen LogP contribution in [0.2, 0.25) is 5.02 Å². The summed E-state index contributed by atoms with van der Waals surface area (Å²) in [6.07, 6.45) is -0.278. The van der Waals surface area contributed by atoms with Crippen LogP contribution in [0.15, 0.2) is 24.0 Å². The summed E-state index contributed by atoms with van der Waals surface area (Å²) < 4.78 is 10.6. The number of halogens is 1. The number of fused-ring (bicyclic) bond motifs is 1. The highest BCUT2D eigenvalue weighted by molar-refractivity contribution is 6.32. The van der Waals surface area contributed by atoms with Crippen molar-refractivity contribution in [3.05, 3.63) is 40.1 Å². The number of carbonyl (C=O) groups excluding carboxylic acids is 2. The van der Waals surface area contributed by atoms with E-state index < -0.39 is 23.3 Å². The van der Waals surface area contributed by atoms with Crippen LogP contribution in [-0.4, -0.2) is 30.1 Å². The van der Waals surface area contributed by atoms with Crippen molar-refractivity contribution in [1.82, 2.24) is 0 Å². The quantitative estimate of drug-likeness (QED) is 0.513. The number of hydrogen-bond acceptors (Lipinski definition) is 5. The predicted molar refractivity (Wildman–Crippen MR) is 81.4 cm³/mol. The Kier molecular flexibility index (Phi) is 4.20. The molecule has 6 heteroatoms. The number of ether oxygens (including phenoxy) is 2. The van der Waals surface area contributed by atoms with Crippen molar-refractivity contribution in [3.63, 3.8) is 0 Å². The van der Waals surface area contributed by atoms with E-state index in [1.165, 1.54) is 13.2 Å². The van der Waals surface area contributed by atoms with Gasteiger partial charge in [-0.15, -0.1) is 0 Å². The largest absolute Gasteiger partial charge is 0.515 e. The maximum Gasteiger partial charge on any atom is 0.315 e. The molecule has 1 aliphatic heterocycles. The van der Waals surface area contributed by atoms with Crippen LogP contribution in [0.1, 0.15) is 29.8 Å². The maximum absolute atomic E-state index is 12.6. The molecule has 118 valence electrons. The van der Waals surface area contributed by atoms with Crippen molar-refractivity contribution < 1.29 is 24.2 Å². The maximum atomic E-state index is 12.6. The van der Waals surface area contributed by atoms with Gasteiger partial charge in [-0.1, -0.05) is 11.6 Å². The lowest BCUT2D eigenvalue weighted by Crippen LogP contribution is -2.46. The van der Waals surface area contributed by atoms with E-state index in [-0.39, 0.29) is 11.1 Å². The van der Waals surface area contributed by atoms with E-state index in [1.807, 2.05) is 0 Å². The first kappa shape index (κ1) is 16.4. The lowest BCUT2D eigenvalue weighted by molar-refractivity contribution is -0.155. The third-order valence-electron chi connectivity index (χ3n) is 3.80. The molecule has 1 aromatic rings. The normalized spacial score (nSPS) is 19.6. The highest BCUT2D eigenvalue weighted by Gasteiger charge is 2.47. The third kappa shape index (κ3) is 2.46. The van der Waals surface area contributed by atoms with Crippen LogP contribution in [-0.2, 0) is 9.53 Å². The lowest BCUT2D eigenvalue weighted by Gasteiger charge is -2.36. The summed E-state index contributed by atoms with van der Waals surface area (Å²) in [6.45, 7) is 4.97. The van der Waals surface area contributed by atoms with Gasteiger partial charge in [0.05, 0.1) is 24.5 Å². The number of benzene rings is 1.